The van der Waals surface area contributed by atoms with E-state index < -0.39 is 11.6 Å². The predicted molar refractivity (Wildman–Crippen MR) is 119 cm³/mol. The number of pyridine rings is 1. The molecule has 0 fully saturated rings. The Bertz CT molecular complexity index is 1320. The van der Waals surface area contributed by atoms with Gasteiger partial charge in [0.15, 0.2) is 0 Å². The van der Waals surface area contributed by atoms with Crippen molar-refractivity contribution in [2.24, 2.45) is 0 Å². The van der Waals surface area contributed by atoms with Gasteiger partial charge in [-0.3, -0.25) is 4.79 Å². The van der Waals surface area contributed by atoms with Crippen molar-refractivity contribution in [2.75, 3.05) is 0 Å². The van der Waals surface area contributed by atoms with Crippen LogP contribution in [0.5, 0.6) is 0 Å². The Hall–Kier alpha value is -3.39. The first-order valence-corrected chi connectivity index (χ1v) is 10.4. The van der Waals surface area contributed by atoms with Crippen molar-refractivity contribution in [2.45, 2.75) is 31.9 Å². The van der Waals surface area contributed by atoms with Crippen LogP contribution in [0.25, 0.3) is 22.8 Å². The molecule has 0 atom stereocenters. The van der Waals surface area contributed by atoms with Crippen molar-refractivity contribution in [3.63, 3.8) is 0 Å². The van der Waals surface area contributed by atoms with Gasteiger partial charge in [0.2, 0.25) is 5.82 Å². The van der Waals surface area contributed by atoms with Gasteiger partial charge in [0.05, 0.1) is 11.0 Å². The topological polar surface area (TPSA) is 71.8 Å². The molecule has 4 aromatic rings. The fraction of sp³-hybridized carbons (Fsp3) is 0.208. The third-order valence-corrected chi connectivity index (χ3v) is 5.79. The van der Waals surface area contributed by atoms with Gasteiger partial charge in [0.25, 0.3) is 11.4 Å². The largest absolute Gasteiger partial charge is 0.397 e. The first-order chi connectivity index (χ1) is 15.5. The van der Waals surface area contributed by atoms with E-state index in [9.17, 15) is 18.0 Å². The lowest BCUT2D eigenvalue weighted by molar-refractivity contribution is -0.180. The van der Waals surface area contributed by atoms with Crippen LogP contribution in [0.2, 0.25) is 5.02 Å². The monoisotopic (exact) mass is 473 g/mol. The Morgan fingerprint density at radius 1 is 1.00 bits per heavy atom. The number of rotatable bonds is 5. The van der Waals surface area contributed by atoms with E-state index in [-0.39, 0.29) is 22.8 Å². The molecule has 5 nitrogen and oxygen atoms in total. The molecular weight excluding hydrogens is 455 g/mol. The summed E-state index contributed by atoms with van der Waals surface area (Å²) in [6, 6.07) is 14.7. The summed E-state index contributed by atoms with van der Waals surface area (Å²) in [5, 5.41) is 4.54. The Balaban J connectivity index is 1.59. The zero-order valence-electron chi connectivity index (χ0n) is 17.7. The SMILES string of the molecule is CC(C)(c1ccc(-c2noc(-c3c[nH]c(=O)c(Cc4ccc(Cl)cc4)c3)n2)cc1)C(F)(F)F. The van der Waals surface area contributed by atoms with Gasteiger partial charge in [-0.15, -0.1) is 0 Å². The summed E-state index contributed by atoms with van der Waals surface area (Å²) in [4.78, 5) is 19.3. The summed E-state index contributed by atoms with van der Waals surface area (Å²) < 4.78 is 45.2. The highest BCUT2D eigenvalue weighted by atomic mass is 35.5. The van der Waals surface area contributed by atoms with Crippen LogP contribution in [0.3, 0.4) is 0 Å². The second-order valence-electron chi connectivity index (χ2n) is 8.17. The van der Waals surface area contributed by atoms with Gasteiger partial charge in [0, 0.05) is 28.8 Å². The number of aromatic nitrogens is 3. The molecule has 0 aliphatic rings. The minimum absolute atomic E-state index is 0.134. The molecule has 4 rings (SSSR count). The number of aromatic amines is 1. The van der Waals surface area contributed by atoms with E-state index in [0.29, 0.717) is 28.1 Å². The summed E-state index contributed by atoms with van der Waals surface area (Å²) in [5.41, 5.74) is 0.365. The molecule has 0 amide bonds. The summed E-state index contributed by atoms with van der Waals surface area (Å²) in [6.45, 7) is 2.26. The van der Waals surface area contributed by atoms with Crippen molar-refractivity contribution in [3.8, 4) is 22.8 Å². The standard InChI is InChI=1S/C24H19ClF3N3O2/c1-23(2,24(26,27)28)18-7-5-15(6-8-18)20-30-22(33-31-20)17-12-16(21(32)29-13-17)11-14-3-9-19(25)10-4-14/h3-10,12-13H,11H2,1-2H3,(H,29,32). The van der Waals surface area contributed by atoms with Gasteiger partial charge >= 0.3 is 6.18 Å². The Kier molecular flexibility index (Phi) is 5.88. The van der Waals surface area contributed by atoms with Crippen molar-refractivity contribution in [1.82, 2.24) is 15.1 Å². The summed E-state index contributed by atoms with van der Waals surface area (Å²) >= 11 is 5.91. The lowest BCUT2D eigenvalue weighted by Crippen LogP contribution is -2.36. The average molecular weight is 474 g/mol. The van der Waals surface area contributed by atoms with E-state index >= 15 is 0 Å². The highest BCUT2D eigenvalue weighted by Crippen LogP contribution is 2.40. The molecule has 0 radical (unpaired) electrons. The molecule has 0 spiro atoms. The number of alkyl halides is 3. The van der Waals surface area contributed by atoms with Gasteiger partial charge in [-0.05, 0) is 43.2 Å². The molecule has 2 heterocycles. The Morgan fingerprint density at radius 3 is 2.30 bits per heavy atom. The van der Waals surface area contributed by atoms with E-state index in [1.165, 1.54) is 30.5 Å². The van der Waals surface area contributed by atoms with Crippen molar-refractivity contribution < 1.29 is 17.7 Å². The molecule has 33 heavy (non-hydrogen) atoms. The predicted octanol–water partition coefficient (Wildman–Crippen LogP) is 6.18. The number of benzene rings is 2. The van der Waals surface area contributed by atoms with E-state index in [2.05, 4.69) is 15.1 Å². The van der Waals surface area contributed by atoms with E-state index in [4.69, 9.17) is 16.1 Å². The summed E-state index contributed by atoms with van der Waals surface area (Å²) in [5.74, 6) is 0.408. The maximum absolute atomic E-state index is 13.3. The Morgan fingerprint density at radius 2 is 1.67 bits per heavy atom. The average Bonchev–Trinajstić information content (AvgIpc) is 3.26. The quantitative estimate of drug-likeness (QED) is 0.376. The van der Waals surface area contributed by atoms with Crippen molar-refractivity contribution in [3.05, 3.63) is 92.9 Å². The first kappa shape index (κ1) is 22.8. The van der Waals surface area contributed by atoms with E-state index in [0.717, 1.165) is 19.4 Å². The van der Waals surface area contributed by atoms with E-state index in [1.54, 1.807) is 18.2 Å². The third-order valence-electron chi connectivity index (χ3n) is 5.53. The van der Waals surface area contributed by atoms with Crippen LogP contribution in [0.1, 0.15) is 30.5 Å². The van der Waals surface area contributed by atoms with E-state index in [1.807, 2.05) is 12.1 Å². The lowest BCUT2D eigenvalue weighted by Gasteiger charge is -2.28. The van der Waals surface area contributed by atoms with Gasteiger partial charge in [-0.1, -0.05) is 53.2 Å². The Labute approximate surface area is 192 Å². The molecule has 9 heteroatoms. The minimum Gasteiger partial charge on any atom is -0.334 e. The summed E-state index contributed by atoms with van der Waals surface area (Å²) in [6.07, 6.45) is -2.51. The number of H-pyrrole nitrogens is 1. The fourth-order valence-electron chi connectivity index (χ4n) is 3.27. The van der Waals surface area contributed by atoms with Crippen LogP contribution in [-0.4, -0.2) is 21.3 Å². The van der Waals surface area contributed by atoms with Crippen LogP contribution in [0, 0.1) is 0 Å². The second-order valence-corrected chi connectivity index (χ2v) is 8.61. The zero-order valence-corrected chi connectivity index (χ0v) is 18.5. The molecule has 0 unspecified atom stereocenters. The maximum Gasteiger partial charge on any atom is 0.397 e. The molecule has 0 bridgehead atoms. The molecule has 0 aliphatic carbocycles. The first-order valence-electron chi connectivity index (χ1n) is 10.0. The highest BCUT2D eigenvalue weighted by molar-refractivity contribution is 6.30. The molecule has 2 aromatic carbocycles. The van der Waals surface area contributed by atoms with Crippen LogP contribution in [-0.2, 0) is 11.8 Å². The van der Waals surface area contributed by atoms with Crippen LogP contribution in [0.4, 0.5) is 13.2 Å². The molecular formula is C24H19ClF3N3O2. The third kappa shape index (κ3) is 4.71. The van der Waals surface area contributed by atoms with Crippen LogP contribution < -0.4 is 5.56 Å². The highest BCUT2D eigenvalue weighted by Gasteiger charge is 2.48. The van der Waals surface area contributed by atoms with Crippen LogP contribution in [0.15, 0.2) is 70.1 Å². The number of nitrogens with zero attached hydrogens (tertiary/aromatic N) is 2. The van der Waals surface area contributed by atoms with Gasteiger partial charge < -0.3 is 9.51 Å². The van der Waals surface area contributed by atoms with Crippen LogP contribution >= 0.6 is 11.6 Å². The van der Waals surface area contributed by atoms with Gasteiger partial charge in [-0.2, -0.15) is 18.2 Å². The zero-order chi connectivity index (χ0) is 23.8. The number of hydrogen-bond acceptors (Lipinski definition) is 4. The van der Waals surface area contributed by atoms with Crippen molar-refractivity contribution in [1.29, 1.82) is 0 Å². The number of halogens is 4. The molecule has 170 valence electrons. The normalized spacial score (nSPS) is 12.2. The fourth-order valence-corrected chi connectivity index (χ4v) is 3.39. The second kappa shape index (κ2) is 8.51. The van der Waals surface area contributed by atoms with Gasteiger partial charge in [0.1, 0.15) is 0 Å². The minimum atomic E-state index is -4.37. The lowest BCUT2D eigenvalue weighted by atomic mass is 9.83. The molecule has 2 aromatic heterocycles. The molecule has 0 saturated heterocycles. The number of hydrogen-bond donors (Lipinski definition) is 1. The molecule has 0 saturated carbocycles. The number of nitrogens with one attached hydrogen (secondary N) is 1. The van der Waals surface area contributed by atoms with Gasteiger partial charge in [-0.25, -0.2) is 0 Å². The summed E-state index contributed by atoms with van der Waals surface area (Å²) in [7, 11) is 0. The molecule has 1 N–H and O–H groups in total. The smallest absolute Gasteiger partial charge is 0.334 e. The van der Waals surface area contributed by atoms with Crippen molar-refractivity contribution >= 4 is 11.6 Å². The maximum atomic E-state index is 13.3. The molecule has 0 aliphatic heterocycles.